The van der Waals surface area contributed by atoms with Crippen LogP contribution in [-0.2, 0) is 11.5 Å². The summed E-state index contributed by atoms with van der Waals surface area (Å²) in [4.78, 5) is 18.9. The van der Waals surface area contributed by atoms with Gasteiger partial charge in [-0.15, -0.1) is 11.3 Å². The van der Waals surface area contributed by atoms with Gasteiger partial charge in [0.2, 0.25) is 0 Å². The van der Waals surface area contributed by atoms with Crippen molar-refractivity contribution in [3.8, 4) is 0 Å². The van der Waals surface area contributed by atoms with Crippen molar-refractivity contribution in [2.75, 3.05) is 24.6 Å². The summed E-state index contributed by atoms with van der Waals surface area (Å²) in [6, 6.07) is 3.85. The van der Waals surface area contributed by atoms with E-state index in [1.165, 1.54) is 0 Å². The zero-order chi connectivity index (χ0) is 19.3. The molecule has 0 aliphatic rings. The first kappa shape index (κ1) is 22.0. The predicted octanol–water partition coefficient (Wildman–Crippen LogP) is 3.72. The topological polar surface area (TPSA) is 93.0 Å². The van der Waals surface area contributed by atoms with Gasteiger partial charge in [-0.3, -0.25) is 15.1 Å². The van der Waals surface area contributed by atoms with E-state index in [0.29, 0.717) is 18.9 Å². The van der Waals surface area contributed by atoms with Crippen LogP contribution in [0.15, 0.2) is 46.4 Å². The zero-order valence-corrected chi connectivity index (χ0v) is 18.5. The van der Waals surface area contributed by atoms with Crippen LogP contribution in [-0.4, -0.2) is 39.5 Å². The molecule has 2 N–H and O–H groups in total. The molecule has 11 heteroatoms. The van der Waals surface area contributed by atoms with Crippen molar-refractivity contribution < 1.29 is 4.92 Å². The average Bonchev–Trinajstić information content (AvgIpc) is 3.15. The molecule has 0 saturated heterocycles. The molecule has 27 heavy (non-hydrogen) atoms. The van der Waals surface area contributed by atoms with Gasteiger partial charge >= 0.3 is 0 Å². The van der Waals surface area contributed by atoms with Crippen LogP contribution >= 0.6 is 50.8 Å². The highest BCUT2D eigenvalue weighted by Crippen LogP contribution is 2.18. The Labute approximate surface area is 179 Å². The lowest BCUT2D eigenvalue weighted by Crippen LogP contribution is -2.30. The van der Waals surface area contributed by atoms with Crippen LogP contribution in [0.25, 0.3) is 0 Å². The van der Waals surface area contributed by atoms with Gasteiger partial charge in [0.05, 0.1) is 10.6 Å². The molecular formula is C16H20BrN5O2S3. The van der Waals surface area contributed by atoms with Gasteiger partial charge in [-0.1, -0.05) is 0 Å². The number of thiazole rings is 1. The number of pyridine rings is 1. The maximum Gasteiger partial charge on any atom is 0.274 e. The van der Waals surface area contributed by atoms with E-state index in [1.54, 1.807) is 47.3 Å². The van der Waals surface area contributed by atoms with Crippen LogP contribution in [0.3, 0.4) is 0 Å². The van der Waals surface area contributed by atoms with Gasteiger partial charge in [0, 0.05) is 58.3 Å². The van der Waals surface area contributed by atoms with Crippen molar-refractivity contribution in [1.29, 1.82) is 0 Å². The summed E-state index contributed by atoms with van der Waals surface area (Å²) in [6.07, 6.45) is 4.55. The van der Waals surface area contributed by atoms with Gasteiger partial charge in [0.25, 0.3) is 6.20 Å². The summed E-state index contributed by atoms with van der Waals surface area (Å²) in [7, 11) is 0. The van der Waals surface area contributed by atoms with E-state index in [4.69, 9.17) is 0 Å². The number of rotatable bonds is 13. The van der Waals surface area contributed by atoms with Crippen molar-refractivity contribution in [2.24, 2.45) is 0 Å². The molecular weight excluding hydrogens is 470 g/mol. The summed E-state index contributed by atoms with van der Waals surface area (Å²) in [5, 5.41) is 20.0. The Hall–Kier alpha value is -1.30. The van der Waals surface area contributed by atoms with Crippen molar-refractivity contribution >= 4 is 50.8 Å². The second-order valence-corrected chi connectivity index (χ2v) is 9.19. The molecule has 0 aliphatic heterocycles. The highest BCUT2D eigenvalue weighted by Gasteiger charge is 2.04. The first-order chi connectivity index (χ1) is 13.1. The standard InChI is InChI=1S/C16H20BrN5O2S3/c17-13-2-1-3-18-14(13)11-25-7-4-19-15(10-22(23)24)20-5-8-26-12-16-21-6-9-27-16/h1-3,6,9-10,19-20H,4-5,7-8,11-12H2/b15-10+. The molecule has 0 radical (unpaired) electrons. The highest BCUT2D eigenvalue weighted by molar-refractivity contribution is 9.10. The Morgan fingerprint density at radius 1 is 1.22 bits per heavy atom. The largest absolute Gasteiger partial charge is 0.366 e. The number of hydrogen-bond donors (Lipinski definition) is 2. The SMILES string of the molecule is O=[N+]([O-])/C=C(/NCCSCc1nccs1)NCCSCc1ncccc1Br. The molecule has 2 aromatic rings. The quantitative estimate of drug-likeness (QED) is 0.249. The number of nitrogens with one attached hydrogen (secondary N) is 2. The van der Waals surface area contributed by atoms with Crippen LogP contribution in [0.4, 0.5) is 0 Å². The lowest BCUT2D eigenvalue weighted by atomic mass is 10.4. The Morgan fingerprint density at radius 3 is 2.59 bits per heavy atom. The van der Waals surface area contributed by atoms with E-state index in [1.807, 2.05) is 17.5 Å². The predicted molar refractivity (Wildman–Crippen MR) is 117 cm³/mol. The van der Waals surface area contributed by atoms with E-state index in [9.17, 15) is 10.1 Å². The third-order valence-electron chi connectivity index (χ3n) is 3.14. The highest BCUT2D eigenvalue weighted by atomic mass is 79.9. The fraction of sp³-hybridized carbons (Fsp3) is 0.375. The van der Waals surface area contributed by atoms with Crippen LogP contribution in [0.5, 0.6) is 0 Å². The third-order valence-corrected chi connectivity index (χ3v) is 6.77. The number of nitrogens with zero attached hydrogens (tertiary/aromatic N) is 3. The van der Waals surface area contributed by atoms with Crippen LogP contribution in [0.1, 0.15) is 10.7 Å². The minimum atomic E-state index is -0.448. The van der Waals surface area contributed by atoms with Crippen LogP contribution < -0.4 is 10.6 Å². The maximum absolute atomic E-state index is 10.8. The Bertz CT molecular complexity index is 731. The van der Waals surface area contributed by atoms with E-state index < -0.39 is 4.92 Å². The smallest absolute Gasteiger partial charge is 0.274 e. The van der Waals surface area contributed by atoms with Crippen LogP contribution in [0.2, 0.25) is 0 Å². The van der Waals surface area contributed by atoms with E-state index in [0.717, 1.165) is 44.4 Å². The molecule has 2 aromatic heterocycles. The first-order valence-electron chi connectivity index (χ1n) is 8.11. The molecule has 0 amide bonds. The summed E-state index contributed by atoms with van der Waals surface area (Å²) in [5.74, 6) is 3.76. The summed E-state index contributed by atoms with van der Waals surface area (Å²) in [5.41, 5.74) is 0.999. The molecule has 0 aliphatic carbocycles. The lowest BCUT2D eigenvalue weighted by molar-refractivity contribution is -0.404. The average molecular weight is 490 g/mol. The van der Waals surface area contributed by atoms with Crippen LogP contribution in [0, 0.1) is 10.1 Å². The van der Waals surface area contributed by atoms with Crippen molar-refractivity contribution in [3.05, 3.63) is 67.2 Å². The Balaban J connectivity index is 1.62. The molecule has 0 unspecified atom stereocenters. The Morgan fingerprint density at radius 2 is 1.96 bits per heavy atom. The number of hydrogen-bond acceptors (Lipinski definition) is 9. The van der Waals surface area contributed by atoms with E-state index >= 15 is 0 Å². The Kier molecular flexibility index (Phi) is 10.6. The maximum atomic E-state index is 10.8. The monoisotopic (exact) mass is 489 g/mol. The molecule has 0 bridgehead atoms. The van der Waals surface area contributed by atoms with E-state index in [-0.39, 0.29) is 0 Å². The van der Waals surface area contributed by atoms with Gasteiger partial charge in [-0.05, 0) is 28.1 Å². The summed E-state index contributed by atoms with van der Waals surface area (Å²) >= 11 is 8.58. The van der Waals surface area contributed by atoms with Crippen molar-refractivity contribution in [3.63, 3.8) is 0 Å². The zero-order valence-electron chi connectivity index (χ0n) is 14.5. The molecule has 0 atom stereocenters. The fourth-order valence-corrected chi connectivity index (χ4v) is 4.91. The fourth-order valence-electron chi connectivity index (χ4n) is 1.95. The summed E-state index contributed by atoms with van der Waals surface area (Å²) < 4.78 is 0.997. The minimum Gasteiger partial charge on any atom is -0.366 e. The van der Waals surface area contributed by atoms with Gasteiger partial charge in [0.15, 0.2) is 5.82 Å². The second-order valence-electron chi connectivity index (χ2n) is 5.14. The van der Waals surface area contributed by atoms with Crippen molar-refractivity contribution in [2.45, 2.75) is 11.5 Å². The number of aromatic nitrogens is 2. The van der Waals surface area contributed by atoms with Gasteiger partial charge < -0.3 is 10.6 Å². The molecule has 7 nitrogen and oxygen atoms in total. The number of thioether (sulfide) groups is 2. The third kappa shape index (κ3) is 9.45. The normalized spacial score (nSPS) is 11.4. The van der Waals surface area contributed by atoms with Gasteiger partial charge in [-0.25, -0.2) is 4.98 Å². The lowest BCUT2D eigenvalue weighted by Gasteiger charge is -2.11. The summed E-state index contributed by atoms with van der Waals surface area (Å²) in [6.45, 7) is 1.28. The second kappa shape index (κ2) is 13.0. The van der Waals surface area contributed by atoms with E-state index in [2.05, 4.69) is 36.5 Å². The molecule has 2 rings (SSSR count). The molecule has 0 spiro atoms. The van der Waals surface area contributed by atoms with Gasteiger partial charge in [0.1, 0.15) is 5.01 Å². The number of halogens is 1. The van der Waals surface area contributed by atoms with Gasteiger partial charge in [-0.2, -0.15) is 23.5 Å². The molecule has 0 aromatic carbocycles. The first-order valence-corrected chi connectivity index (χ1v) is 12.1. The number of nitro groups is 1. The molecule has 0 saturated carbocycles. The molecule has 2 heterocycles. The van der Waals surface area contributed by atoms with Crippen molar-refractivity contribution in [1.82, 2.24) is 20.6 Å². The molecule has 146 valence electrons. The molecule has 0 fully saturated rings. The minimum absolute atomic E-state index is 0.439.